The second kappa shape index (κ2) is 17.8. The lowest BCUT2D eigenvalue weighted by molar-refractivity contribution is 0.0689. The van der Waals surface area contributed by atoms with Gasteiger partial charge in [0, 0.05) is 21.2 Å². The highest BCUT2D eigenvalue weighted by Gasteiger charge is 2.27. The highest BCUT2D eigenvalue weighted by atomic mass is 35.5. The number of allylic oxidation sites excluding steroid dienone is 4. The van der Waals surface area contributed by atoms with Gasteiger partial charge in [-0.1, -0.05) is 47.5 Å². The number of carbonyl (C=O) groups is 1. The molecule has 8 nitrogen and oxygen atoms in total. The van der Waals surface area contributed by atoms with Gasteiger partial charge in [-0.15, -0.1) is 0 Å². The number of benzene rings is 4. The van der Waals surface area contributed by atoms with Gasteiger partial charge in [-0.3, -0.25) is 4.98 Å². The number of halogens is 4. The Hall–Kier alpha value is -5.07. The molecule has 0 amide bonds. The highest BCUT2D eigenvalue weighted by Crippen LogP contribution is 2.43. The number of hydrogen-bond acceptors (Lipinski definition) is 7. The fourth-order valence-electron chi connectivity index (χ4n) is 6.51. The molecule has 1 heterocycles. The molecule has 5 aromatic rings. The van der Waals surface area contributed by atoms with Crippen molar-refractivity contribution in [3.8, 4) is 11.5 Å². The van der Waals surface area contributed by atoms with Gasteiger partial charge in [0.25, 0.3) is 0 Å². The zero-order valence-electron chi connectivity index (χ0n) is 28.9. The van der Waals surface area contributed by atoms with Gasteiger partial charge < -0.3 is 24.6 Å². The molecule has 0 fully saturated rings. The molecule has 3 N–H and O–H groups in total. The van der Waals surface area contributed by atoms with Gasteiger partial charge in [0.05, 0.1) is 18.1 Å². The zero-order chi connectivity index (χ0) is 38.2. The number of carboxylic acid groups (broad SMARTS) is 1. The minimum absolute atomic E-state index is 0.0925. The maximum atomic E-state index is 13.1. The minimum Gasteiger partial charge on any atom is -0.488 e. The first-order chi connectivity index (χ1) is 26.0. The average Bonchev–Trinajstić information content (AvgIpc) is 3.87. The van der Waals surface area contributed by atoms with E-state index in [0.717, 1.165) is 71.1 Å². The SMILES string of the molecule is O=C(O)c1cncc(C2=C(c3cc(Cl)ccc3OCc3ccc(F)cc3)CCC2)n1.OB(O)C1=C(c2cc(Cl)ccc2OCc2ccc(F)cc2)CCC1. The molecule has 0 saturated carbocycles. The highest BCUT2D eigenvalue weighted by molar-refractivity contribution is 6.52. The normalized spacial score (nSPS) is 13.8. The van der Waals surface area contributed by atoms with E-state index < -0.39 is 13.1 Å². The van der Waals surface area contributed by atoms with E-state index in [2.05, 4.69) is 9.97 Å². The molecular formula is C41H35BCl2F2N2O6. The van der Waals surface area contributed by atoms with E-state index in [-0.39, 0.29) is 23.9 Å². The van der Waals surface area contributed by atoms with E-state index in [1.807, 2.05) is 12.1 Å². The number of aromatic nitrogens is 2. The molecule has 0 radical (unpaired) electrons. The van der Waals surface area contributed by atoms with E-state index in [9.17, 15) is 28.7 Å². The lowest BCUT2D eigenvalue weighted by atomic mass is 9.75. The van der Waals surface area contributed by atoms with E-state index in [4.69, 9.17) is 32.7 Å². The third-order valence-corrected chi connectivity index (χ3v) is 9.57. The number of carboxylic acids is 1. The first-order valence-electron chi connectivity index (χ1n) is 17.3. The summed E-state index contributed by atoms with van der Waals surface area (Å²) in [5.74, 6) is -0.421. The quantitative estimate of drug-likeness (QED) is 0.114. The van der Waals surface area contributed by atoms with Gasteiger partial charge in [-0.05, 0) is 133 Å². The number of hydrogen-bond donors (Lipinski definition) is 3. The Morgan fingerprint density at radius 2 is 1.19 bits per heavy atom. The summed E-state index contributed by atoms with van der Waals surface area (Å²) in [6.07, 6.45) is 7.55. The molecule has 0 aliphatic heterocycles. The van der Waals surface area contributed by atoms with E-state index in [1.54, 1.807) is 54.7 Å². The second-order valence-electron chi connectivity index (χ2n) is 12.7. The van der Waals surface area contributed by atoms with Gasteiger partial charge in [0.2, 0.25) is 0 Å². The number of rotatable bonds is 11. The van der Waals surface area contributed by atoms with Gasteiger partial charge in [-0.2, -0.15) is 0 Å². The summed E-state index contributed by atoms with van der Waals surface area (Å²) in [5.41, 5.74) is 7.23. The van der Waals surface area contributed by atoms with Crippen molar-refractivity contribution in [3.05, 3.63) is 158 Å². The average molecular weight is 771 g/mol. The van der Waals surface area contributed by atoms with Crippen molar-refractivity contribution in [2.45, 2.75) is 51.7 Å². The topological polar surface area (TPSA) is 122 Å². The van der Waals surface area contributed by atoms with Crippen LogP contribution >= 0.6 is 23.2 Å². The Labute approximate surface area is 321 Å². The molecule has 0 bridgehead atoms. The van der Waals surface area contributed by atoms with E-state index in [0.29, 0.717) is 45.7 Å². The van der Waals surface area contributed by atoms with Crippen LogP contribution in [0.1, 0.15) is 77.0 Å². The van der Waals surface area contributed by atoms with Crippen molar-refractivity contribution < 1.29 is 38.2 Å². The fraction of sp³-hybridized carbons (Fsp3) is 0.195. The summed E-state index contributed by atoms with van der Waals surface area (Å²) in [5, 5.41) is 29.5. The van der Waals surface area contributed by atoms with Gasteiger partial charge in [0.15, 0.2) is 5.69 Å². The predicted octanol–water partition coefficient (Wildman–Crippen LogP) is 9.65. The first-order valence-corrected chi connectivity index (χ1v) is 18.0. The molecule has 2 aliphatic carbocycles. The number of ether oxygens (including phenoxy) is 2. The third kappa shape index (κ3) is 9.72. The van der Waals surface area contributed by atoms with E-state index in [1.165, 1.54) is 30.5 Å². The number of nitrogens with zero attached hydrogens (tertiary/aromatic N) is 2. The second-order valence-corrected chi connectivity index (χ2v) is 13.6. The Morgan fingerprint density at radius 1 is 0.685 bits per heavy atom. The summed E-state index contributed by atoms with van der Waals surface area (Å²) < 4.78 is 38.0. The molecule has 2 aliphatic rings. The van der Waals surface area contributed by atoms with Gasteiger partial charge in [0.1, 0.15) is 36.3 Å². The van der Waals surface area contributed by atoms with Crippen LogP contribution in [0.5, 0.6) is 11.5 Å². The molecule has 4 aromatic carbocycles. The van der Waals surface area contributed by atoms with Crippen LogP contribution in [-0.2, 0) is 13.2 Å². The number of aromatic carboxylic acids is 1. The van der Waals surface area contributed by atoms with E-state index >= 15 is 0 Å². The molecule has 0 atom stereocenters. The maximum absolute atomic E-state index is 13.1. The minimum atomic E-state index is -1.47. The van der Waals surface area contributed by atoms with Gasteiger partial charge >= 0.3 is 13.1 Å². The summed E-state index contributed by atoms with van der Waals surface area (Å²) in [6.45, 7) is 0.574. The standard InChI is InChI=1S/C23H18ClFN2O3.C18H17BClFO3/c24-15-6-9-22(30-13-14-4-7-16(25)8-5-14)19(10-15)17-2-1-3-18(17)20-11-26-12-21(27-20)23(28)29;20-13-6-9-18(24-11-12-4-7-14(21)8-5-12)16(10-13)15-2-1-3-17(15)19(22)23/h4-12H,1-3,13H2,(H,28,29);4-10,22-23H,1-3,11H2. The van der Waals surface area contributed by atoms with Crippen LogP contribution < -0.4 is 9.47 Å². The molecule has 54 heavy (non-hydrogen) atoms. The maximum Gasteiger partial charge on any atom is 0.484 e. The van der Waals surface area contributed by atoms with Crippen molar-refractivity contribution >= 4 is 53.0 Å². The summed E-state index contributed by atoms with van der Waals surface area (Å²) >= 11 is 12.4. The van der Waals surface area contributed by atoms with Crippen LogP contribution in [0.3, 0.4) is 0 Å². The Kier molecular flexibility index (Phi) is 12.8. The summed E-state index contributed by atoms with van der Waals surface area (Å²) in [4.78, 5) is 19.6. The van der Waals surface area contributed by atoms with Crippen LogP contribution in [-0.4, -0.2) is 38.2 Å². The molecule has 0 unspecified atom stereocenters. The predicted molar refractivity (Wildman–Crippen MR) is 205 cm³/mol. The lowest BCUT2D eigenvalue weighted by Gasteiger charge is -2.15. The summed E-state index contributed by atoms with van der Waals surface area (Å²) in [6, 6.07) is 23.0. The molecule has 1 aromatic heterocycles. The monoisotopic (exact) mass is 770 g/mol. The summed E-state index contributed by atoms with van der Waals surface area (Å²) in [7, 11) is -1.47. The first kappa shape index (κ1) is 38.7. The van der Waals surface area contributed by atoms with Crippen molar-refractivity contribution in [3.63, 3.8) is 0 Å². The smallest absolute Gasteiger partial charge is 0.484 e. The molecule has 13 heteroatoms. The third-order valence-electron chi connectivity index (χ3n) is 9.10. The van der Waals surface area contributed by atoms with Crippen molar-refractivity contribution in [1.82, 2.24) is 9.97 Å². The fourth-order valence-corrected chi connectivity index (χ4v) is 6.85. The van der Waals surface area contributed by atoms with Crippen molar-refractivity contribution in [2.24, 2.45) is 0 Å². The molecular weight excluding hydrogens is 736 g/mol. The lowest BCUT2D eigenvalue weighted by Crippen LogP contribution is -2.15. The van der Waals surface area contributed by atoms with Crippen LogP contribution in [0.2, 0.25) is 10.0 Å². The molecule has 276 valence electrons. The Bertz CT molecular complexity index is 2200. The Morgan fingerprint density at radius 3 is 1.72 bits per heavy atom. The van der Waals surface area contributed by atoms with Crippen LogP contribution in [0, 0.1) is 11.6 Å². The van der Waals surface area contributed by atoms with Crippen molar-refractivity contribution in [2.75, 3.05) is 0 Å². The molecule has 7 rings (SSSR count). The van der Waals surface area contributed by atoms with Crippen LogP contribution in [0.15, 0.2) is 103 Å². The zero-order valence-corrected chi connectivity index (χ0v) is 30.5. The largest absolute Gasteiger partial charge is 0.488 e. The van der Waals surface area contributed by atoms with Crippen LogP contribution in [0.25, 0.3) is 16.7 Å². The Balaban J connectivity index is 0.000000189. The van der Waals surface area contributed by atoms with Gasteiger partial charge in [-0.25, -0.2) is 18.6 Å². The van der Waals surface area contributed by atoms with Crippen LogP contribution in [0.4, 0.5) is 8.78 Å². The van der Waals surface area contributed by atoms with Crippen molar-refractivity contribution in [1.29, 1.82) is 0 Å². The molecule has 0 saturated heterocycles. The molecule has 0 spiro atoms.